The molecule has 42 heavy (non-hydrogen) atoms. The maximum atomic E-state index is 13.5. The van der Waals surface area contributed by atoms with Crippen LogP contribution in [-0.2, 0) is 32.0 Å². The molecule has 2 atom stereocenters. The van der Waals surface area contributed by atoms with Crippen LogP contribution in [0.15, 0.2) is 90.6 Å². The number of hydrogen-bond acceptors (Lipinski definition) is 5. The third-order valence-corrected chi connectivity index (χ3v) is 7.31. The van der Waals surface area contributed by atoms with E-state index in [-0.39, 0.29) is 29.4 Å². The van der Waals surface area contributed by atoms with E-state index >= 15 is 0 Å². The maximum absolute atomic E-state index is 13.5. The number of carbonyl (C=O) groups is 5. The van der Waals surface area contributed by atoms with Crippen molar-refractivity contribution < 1.29 is 29.1 Å². The van der Waals surface area contributed by atoms with E-state index in [0.717, 1.165) is 42.0 Å². The lowest BCUT2D eigenvalue weighted by atomic mass is 9.89. The van der Waals surface area contributed by atoms with E-state index in [1.807, 2.05) is 54.6 Å². The molecule has 0 aliphatic heterocycles. The molecule has 0 radical (unpaired) electrons. The average molecular weight is 567 g/mol. The van der Waals surface area contributed by atoms with Crippen molar-refractivity contribution >= 4 is 29.4 Å². The first-order valence-corrected chi connectivity index (χ1v) is 14.0. The normalized spacial score (nSPS) is 17.2. The van der Waals surface area contributed by atoms with Crippen LogP contribution in [0.25, 0.3) is 11.1 Å². The van der Waals surface area contributed by atoms with Crippen molar-refractivity contribution in [3.63, 3.8) is 0 Å². The molecule has 0 heterocycles. The molecule has 8 nitrogen and oxygen atoms in total. The highest BCUT2D eigenvalue weighted by atomic mass is 16.4. The number of amides is 2. The van der Waals surface area contributed by atoms with Gasteiger partial charge in [-0.15, -0.1) is 0 Å². The molecule has 3 N–H and O–H groups in total. The van der Waals surface area contributed by atoms with Gasteiger partial charge in [0.25, 0.3) is 5.91 Å². The van der Waals surface area contributed by atoms with E-state index < -0.39 is 29.6 Å². The molecular weight excluding hydrogens is 532 g/mol. The van der Waals surface area contributed by atoms with Crippen LogP contribution in [0.3, 0.4) is 0 Å². The summed E-state index contributed by atoms with van der Waals surface area (Å²) in [6.07, 6.45) is 4.22. The molecule has 0 aromatic heterocycles. The summed E-state index contributed by atoms with van der Waals surface area (Å²) in [7, 11) is 0. The molecule has 216 valence electrons. The summed E-state index contributed by atoms with van der Waals surface area (Å²) in [5.41, 5.74) is 3.75. The zero-order valence-electron chi connectivity index (χ0n) is 23.5. The third-order valence-electron chi connectivity index (χ3n) is 7.31. The van der Waals surface area contributed by atoms with E-state index in [9.17, 15) is 24.0 Å². The highest BCUT2D eigenvalue weighted by molar-refractivity contribution is 6.11. The average Bonchev–Trinajstić information content (AvgIpc) is 3.14. The van der Waals surface area contributed by atoms with Crippen LogP contribution in [0.2, 0.25) is 0 Å². The molecule has 4 rings (SSSR count). The van der Waals surface area contributed by atoms with Crippen LogP contribution in [0.5, 0.6) is 0 Å². The first kappa shape index (κ1) is 30.1. The molecule has 3 aromatic carbocycles. The number of rotatable bonds is 10. The lowest BCUT2D eigenvalue weighted by Crippen LogP contribution is -2.46. The largest absolute Gasteiger partial charge is 0.481 e. The number of carboxylic acids is 1. The summed E-state index contributed by atoms with van der Waals surface area (Å²) >= 11 is 0. The first-order chi connectivity index (χ1) is 20.2. The summed E-state index contributed by atoms with van der Waals surface area (Å²) in [4.78, 5) is 62.4. The molecule has 0 bridgehead atoms. The summed E-state index contributed by atoms with van der Waals surface area (Å²) < 4.78 is 0. The fraction of sp³-hybridized carbons (Fsp3) is 0.265. The molecule has 0 saturated heterocycles. The molecular formula is C34H34N2O6. The van der Waals surface area contributed by atoms with Gasteiger partial charge in [0.15, 0.2) is 11.6 Å². The standard InChI is InChI=1S/C34H34N2O6/c1-22(37)35-30(21-31(38)27-17-13-24(14-18-27)20-32(39)40)34(42)36-29-10-6-5-9-28(33(29)41)19-23-11-15-26(16-12-23)25-7-3-2-4-8-25/h2-4,7-8,11-18,21,28-29H,5-6,9-10,19-20H2,1H3,(H,35,37)(H,36,42)(H,39,40)/b30-21+. The first-order valence-electron chi connectivity index (χ1n) is 14.0. The Morgan fingerprint density at radius 2 is 1.45 bits per heavy atom. The van der Waals surface area contributed by atoms with E-state index in [1.54, 1.807) is 0 Å². The molecule has 0 spiro atoms. The van der Waals surface area contributed by atoms with Crippen LogP contribution in [0, 0.1) is 5.92 Å². The van der Waals surface area contributed by atoms with Crippen molar-refractivity contribution in [1.29, 1.82) is 0 Å². The molecule has 1 saturated carbocycles. The van der Waals surface area contributed by atoms with Gasteiger partial charge in [-0.25, -0.2) is 0 Å². The monoisotopic (exact) mass is 566 g/mol. The van der Waals surface area contributed by atoms with Crippen molar-refractivity contribution in [2.45, 2.75) is 51.5 Å². The predicted octanol–water partition coefficient (Wildman–Crippen LogP) is 4.67. The van der Waals surface area contributed by atoms with Crippen molar-refractivity contribution in [2.75, 3.05) is 0 Å². The number of aliphatic carboxylic acids is 1. The van der Waals surface area contributed by atoms with Gasteiger partial charge >= 0.3 is 5.97 Å². The molecule has 2 unspecified atom stereocenters. The molecule has 3 aromatic rings. The highest BCUT2D eigenvalue weighted by Gasteiger charge is 2.31. The quantitative estimate of drug-likeness (QED) is 0.186. The molecule has 1 fully saturated rings. The van der Waals surface area contributed by atoms with Gasteiger partial charge in [-0.2, -0.15) is 0 Å². The van der Waals surface area contributed by atoms with Crippen molar-refractivity contribution in [1.82, 2.24) is 10.6 Å². The van der Waals surface area contributed by atoms with E-state index in [0.29, 0.717) is 18.4 Å². The number of nitrogens with one attached hydrogen (secondary N) is 2. The Morgan fingerprint density at radius 1 is 0.833 bits per heavy atom. The summed E-state index contributed by atoms with van der Waals surface area (Å²) in [6.45, 7) is 1.22. The Labute approximate surface area is 244 Å². The highest BCUT2D eigenvalue weighted by Crippen LogP contribution is 2.26. The minimum absolute atomic E-state index is 0.0597. The summed E-state index contributed by atoms with van der Waals surface area (Å²) in [6, 6.07) is 23.4. The van der Waals surface area contributed by atoms with Crippen molar-refractivity contribution in [3.05, 3.63) is 107 Å². The van der Waals surface area contributed by atoms with Crippen LogP contribution in [0.1, 0.15) is 54.1 Å². The summed E-state index contributed by atoms with van der Waals surface area (Å²) in [5.74, 6) is -3.11. The van der Waals surface area contributed by atoms with Gasteiger partial charge in [0.05, 0.1) is 12.5 Å². The molecule has 1 aliphatic rings. The number of carboxylic acid groups (broad SMARTS) is 1. The number of benzene rings is 3. The van der Waals surface area contributed by atoms with Gasteiger partial charge in [0.1, 0.15) is 5.70 Å². The van der Waals surface area contributed by atoms with E-state index in [1.165, 1.54) is 31.2 Å². The molecule has 8 heteroatoms. The Hall–Kier alpha value is -4.85. The Bertz CT molecular complexity index is 1480. The zero-order chi connectivity index (χ0) is 30.1. The van der Waals surface area contributed by atoms with Gasteiger partial charge in [-0.1, -0.05) is 91.7 Å². The van der Waals surface area contributed by atoms with Crippen molar-refractivity contribution in [2.24, 2.45) is 5.92 Å². The number of ketones is 2. The minimum Gasteiger partial charge on any atom is -0.481 e. The third kappa shape index (κ3) is 8.33. The van der Waals surface area contributed by atoms with Gasteiger partial charge in [-0.05, 0) is 41.5 Å². The lowest BCUT2D eigenvalue weighted by molar-refractivity contribution is -0.136. The van der Waals surface area contributed by atoms with Gasteiger partial charge in [0.2, 0.25) is 5.91 Å². The summed E-state index contributed by atoms with van der Waals surface area (Å²) in [5, 5.41) is 14.1. The lowest BCUT2D eigenvalue weighted by Gasteiger charge is -2.21. The van der Waals surface area contributed by atoms with Crippen LogP contribution >= 0.6 is 0 Å². The molecule has 1 aliphatic carbocycles. The topological polar surface area (TPSA) is 130 Å². The number of carbonyl (C=O) groups excluding carboxylic acids is 4. The minimum atomic E-state index is -0.991. The maximum Gasteiger partial charge on any atom is 0.307 e. The zero-order valence-corrected chi connectivity index (χ0v) is 23.5. The number of Topliss-reactive ketones (excluding diaryl/α,β-unsaturated/α-hetero) is 1. The SMILES string of the molecule is CC(=O)N/C(=C/C(=O)c1ccc(CC(=O)O)cc1)C(=O)NC1CCCCC(Cc2ccc(-c3ccccc3)cc2)C1=O. The Balaban J connectivity index is 1.45. The van der Waals surface area contributed by atoms with E-state index in [2.05, 4.69) is 10.6 Å². The Kier molecular flexibility index (Phi) is 10.2. The molecule has 2 amide bonds. The van der Waals surface area contributed by atoms with Gasteiger partial charge < -0.3 is 15.7 Å². The fourth-order valence-corrected chi connectivity index (χ4v) is 5.16. The fourth-order valence-electron chi connectivity index (χ4n) is 5.16. The van der Waals surface area contributed by atoms with Crippen LogP contribution in [0.4, 0.5) is 0 Å². The predicted molar refractivity (Wildman–Crippen MR) is 158 cm³/mol. The van der Waals surface area contributed by atoms with Crippen LogP contribution in [-0.4, -0.2) is 40.5 Å². The number of hydrogen-bond donors (Lipinski definition) is 3. The van der Waals surface area contributed by atoms with Crippen molar-refractivity contribution in [3.8, 4) is 11.1 Å². The second-order valence-electron chi connectivity index (χ2n) is 10.5. The van der Waals surface area contributed by atoms with Gasteiger partial charge in [0, 0.05) is 24.5 Å². The smallest absolute Gasteiger partial charge is 0.307 e. The second kappa shape index (κ2) is 14.2. The number of allylic oxidation sites excluding steroid dienone is 1. The van der Waals surface area contributed by atoms with E-state index in [4.69, 9.17) is 5.11 Å². The van der Waals surface area contributed by atoms with Crippen LogP contribution < -0.4 is 10.6 Å². The van der Waals surface area contributed by atoms with Gasteiger partial charge in [-0.3, -0.25) is 24.0 Å². The second-order valence-corrected chi connectivity index (χ2v) is 10.5. The Morgan fingerprint density at radius 3 is 2.10 bits per heavy atom.